The lowest BCUT2D eigenvalue weighted by atomic mass is 10.0. The van der Waals surface area contributed by atoms with Crippen LogP contribution in [0, 0.1) is 9.49 Å². The number of hydrogen-bond donors (Lipinski definition) is 1. The third-order valence-corrected chi connectivity index (χ3v) is 3.68. The van der Waals surface area contributed by atoms with E-state index < -0.39 is 0 Å². The third kappa shape index (κ3) is 2.39. The average Bonchev–Trinajstić information content (AvgIpc) is 2.67. The minimum absolute atomic E-state index is 0.273. The van der Waals surface area contributed by atoms with E-state index in [0.29, 0.717) is 5.92 Å². The van der Waals surface area contributed by atoms with Crippen LogP contribution < -0.4 is 10.6 Å². The topological polar surface area (TPSA) is 55.0 Å². The van der Waals surface area contributed by atoms with Crippen LogP contribution >= 0.6 is 22.6 Å². The monoisotopic (exact) mass is 318 g/mol. The van der Waals surface area contributed by atoms with E-state index in [1.807, 2.05) is 6.20 Å². The molecule has 0 saturated carbocycles. The van der Waals surface area contributed by atoms with Gasteiger partial charge in [0.15, 0.2) is 0 Å². The van der Waals surface area contributed by atoms with Crippen LogP contribution in [0.4, 0.5) is 5.82 Å². The van der Waals surface area contributed by atoms with Crippen LogP contribution in [-0.2, 0) is 0 Å². The van der Waals surface area contributed by atoms with E-state index in [9.17, 15) is 0 Å². The summed E-state index contributed by atoms with van der Waals surface area (Å²) in [6.07, 6.45) is 4.62. The van der Waals surface area contributed by atoms with Gasteiger partial charge < -0.3 is 10.6 Å². The largest absolute Gasteiger partial charge is 0.355 e. The highest BCUT2D eigenvalue weighted by atomic mass is 127. The molecule has 5 heteroatoms. The maximum Gasteiger partial charge on any atom is 0.145 e. The first-order valence-corrected chi connectivity index (χ1v) is 6.22. The molecule has 2 rings (SSSR count). The van der Waals surface area contributed by atoms with Crippen LogP contribution in [0.5, 0.6) is 0 Å². The fraction of sp³-hybridized carbons (Fsp3) is 0.600. The number of aromatic nitrogens is 2. The molecule has 1 aromatic heterocycles. The van der Waals surface area contributed by atoms with Crippen molar-refractivity contribution >= 4 is 28.4 Å². The number of nitrogens with zero attached hydrogens (tertiary/aromatic N) is 3. The third-order valence-electron chi connectivity index (χ3n) is 2.92. The lowest BCUT2D eigenvalue weighted by molar-refractivity contribution is 0.488. The minimum atomic E-state index is 0.273. The van der Waals surface area contributed by atoms with E-state index in [1.165, 1.54) is 0 Å². The minimum Gasteiger partial charge on any atom is -0.355 e. The van der Waals surface area contributed by atoms with Gasteiger partial charge in [-0.3, -0.25) is 0 Å². The van der Waals surface area contributed by atoms with Crippen molar-refractivity contribution in [1.82, 2.24) is 9.97 Å². The molecule has 2 atom stereocenters. The van der Waals surface area contributed by atoms with Crippen molar-refractivity contribution in [2.75, 3.05) is 18.0 Å². The Balaban J connectivity index is 2.11. The first kappa shape index (κ1) is 11.1. The second-order valence-electron chi connectivity index (χ2n) is 4.05. The van der Waals surface area contributed by atoms with E-state index in [4.69, 9.17) is 5.73 Å². The van der Waals surface area contributed by atoms with Crippen LogP contribution in [0.1, 0.15) is 13.3 Å². The molecule has 1 aromatic rings. The highest BCUT2D eigenvalue weighted by Gasteiger charge is 2.26. The van der Waals surface area contributed by atoms with Crippen molar-refractivity contribution in [3.63, 3.8) is 0 Å². The second kappa shape index (κ2) is 4.61. The molecule has 1 saturated heterocycles. The summed E-state index contributed by atoms with van der Waals surface area (Å²) >= 11 is 2.28. The molecule has 0 aromatic carbocycles. The Kier molecular flexibility index (Phi) is 3.40. The molecule has 2 unspecified atom stereocenters. The standard InChI is InChI=1S/C10H15IN4/c1-7(12)8-2-3-15(5-8)10-9(11)4-13-6-14-10/h4,6-8H,2-3,5,12H2,1H3. The maximum atomic E-state index is 5.91. The van der Waals surface area contributed by atoms with Crippen LogP contribution in [0.25, 0.3) is 0 Å². The Labute approximate surface area is 103 Å². The van der Waals surface area contributed by atoms with E-state index in [0.717, 1.165) is 28.9 Å². The molecular formula is C10H15IN4. The zero-order valence-corrected chi connectivity index (χ0v) is 10.9. The molecule has 1 aliphatic heterocycles. The molecule has 2 N–H and O–H groups in total. The predicted molar refractivity (Wildman–Crippen MR) is 68.7 cm³/mol. The number of nitrogens with two attached hydrogens (primary N) is 1. The van der Waals surface area contributed by atoms with Gasteiger partial charge in [0.2, 0.25) is 0 Å². The molecule has 2 heterocycles. The summed E-state index contributed by atoms with van der Waals surface area (Å²) in [5.41, 5.74) is 5.91. The maximum absolute atomic E-state index is 5.91. The van der Waals surface area contributed by atoms with Crippen molar-refractivity contribution in [2.45, 2.75) is 19.4 Å². The Morgan fingerprint density at radius 3 is 3.07 bits per heavy atom. The zero-order chi connectivity index (χ0) is 10.8. The fourth-order valence-electron chi connectivity index (χ4n) is 1.95. The molecule has 0 aliphatic carbocycles. The van der Waals surface area contributed by atoms with Crippen molar-refractivity contribution in [2.24, 2.45) is 11.7 Å². The summed E-state index contributed by atoms with van der Waals surface area (Å²) in [4.78, 5) is 10.6. The molecule has 0 bridgehead atoms. The van der Waals surface area contributed by atoms with Gasteiger partial charge in [-0.2, -0.15) is 0 Å². The van der Waals surface area contributed by atoms with Crippen LogP contribution in [-0.4, -0.2) is 29.1 Å². The predicted octanol–water partition coefficient (Wildman–Crippen LogP) is 1.25. The molecule has 0 radical (unpaired) electrons. The summed E-state index contributed by atoms with van der Waals surface area (Å²) in [5.74, 6) is 1.64. The summed E-state index contributed by atoms with van der Waals surface area (Å²) in [6.45, 7) is 4.16. The normalized spacial score (nSPS) is 23.1. The average molecular weight is 318 g/mol. The molecule has 4 nitrogen and oxygen atoms in total. The van der Waals surface area contributed by atoms with Gasteiger partial charge in [0.1, 0.15) is 12.1 Å². The van der Waals surface area contributed by atoms with E-state index >= 15 is 0 Å². The van der Waals surface area contributed by atoms with Gasteiger partial charge in [-0.25, -0.2) is 9.97 Å². The van der Waals surface area contributed by atoms with Crippen LogP contribution in [0.3, 0.4) is 0 Å². The number of anilines is 1. The summed E-state index contributed by atoms with van der Waals surface area (Å²) in [5, 5.41) is 0. The van der Waals surface area contributed by atoms with E-state index in [1.54, 1.807) is 6.33 Å². The van der Waals surface area contributed by atoms with Gasteiger partial charge in [0.05, 0.1) is 3.57 Å². The van der Waals surface area contributed by atoms with Crippen molar-refractivity contribution in [3.8, 4) is 0 Å². The van der Waals surface area contributed by atoms with E-state index in [2.05, 4.69) is 44.4 Å². The molecule has 15 heavy (non-hydrogen) atoms. The first-order chi connectivity index (χ1) is 7.18. The Morgan fingerprint density at radius 1 is 1.67 bits per heavy atom. The van der Waals surface area contributed by atoms with Crippen molar-refractivity contribution < 1.29 is 0 Å². The summed E-state index contributed by atoms with van der Waals surface area (Å²) in [7, 11) is 0. The molecule has 0 amide bonds. The molecular weight excluding hydrogens is 303 g/mol. The van der Waals surface area contributed by atoms with Gasteiger partial charge >= 0.3 is 0 Å². The van der Waals surface area contributed by atoms with E-state index in [-0.39, 0.29) is 6.04 Å². The van der Waals surface area contributed by atoms with Crippen LogP contribution in [0.2, 0.25) is 0 Å². The van der Waals surface area contributed by atoms with Crippen molar-refractivity contribution in [1.29, 1.82) is 0 Å². The lowest BCUT2D eigenvalue weighted by Crippen LogP contribution is -2.30. The Morgan fingerprint density at radius 2 is 2.47 bits per heavy atom. The summed E-state index contributed by atoms with van der Waals surface area (Å²) < 4.78 is 1.11. The smallest absolute Gasteiger partial charge is 0.145 e. The molecule has 1 aliphatic rings. The van der Waals surface area contributed by atoms with Crippen LogP contribution in [0.15, 0.2) is 12.5 Å². The zero-order valence-electron chi connectivity index (χ0n) is 8.73. The highest BCUT2D eigenvalue weighted by molar-refractivity contribution is 14.1. The number of rotatable bonds is 2. The molecule has 82 valence electrons. The van der Waals surface area contributed by atoms with Crippen molar-refractivity contribution in [3.05, 3.63) is 16.1 Å². The Bertz CT molecular complexity index is 342. The van der Waals surface area contributed by atoms with Gasteiger partial charge in [0, 0.05) is 25.3 Å². The van der Waals surface area contributed by atoms with Gasteiger partial charge in [0.25, 0.3) is 0 Å². The fourth-order valence-corrected chi connectivity index (χ4v) is 2.59. The SMILES string of the molecule is CC(N)C1CCN(c2ncncc2I)C1. The van der Waals surface area contributed by atoms with Gasteiger partial charge in [-0.05, 0) is 41.9 Å². The second-order valence-corrected chi connectivity index (χ2v) is 5.21. The Hall–Kier alpha value is -0.430. The molecule has 0 spiro atoms. The number of hydrogen-bond acceptors (Lipinski definition) is 4. The summed E-state index contributed by atoms with van der Waals surface area (Å²) in [6, 6.07) is 0.273. The first-order valence-electron chi connectivity index (χ1n) is 5.14. The lowest BCUT2D eigenvalue weighted by Gasteiger charge is -2.19. The molecule has 1 fully saturated rings. The highest BCUT2D eigenvalue weighted by Crippen LogP contribution is 2.26. The number of halogens is 1. The van der Waals surface area contributed by atoms with Gasteiger partial charge in [-0.1, -0.05) is 0 Å². The quantitative estimate of drug-likeness (QED) is 0.834. The van der Waals surface area contributed by atoms with Gasteiger partial charge in [-0.15, -0.1) is 0 Å².